The van der Waals surface area contributed by atoms with Crippen molar-refractivity contribution in [1.82, 2.24) is 14.8 Å². The quantitative estimate of drug-likeness (QED) is 0.397. The van der Waals surface area contributed by atoms with E-state index in [-0.39, 0.29) is 17.4 Å². The van der Waals surface area contributed by atoms with Crippen LogP contribution in [0.5, 0.6) is 0 Å². The van der Waals surface area contributed by atoms with Crippen molar-refractivity contribution < 1.29 is 14.4 Å². The van der Waals surface area contributed by atoms with Crippen molar-refractivity contribution in [3.05, 3.63) is 59.4 Å². The van der Waals surface area contributed by atoms with E-state index in [0.717, 1.165) is 5.52 Å². The first kappa shape index (κ1) is 19.2. The van der Waals surface area contributed by atoms with Crippen LogP contribution < -0.4 is 5.32 Å². The molecule has 0 saturated heterocycles. The predicted molar refractivity (Wildman–Crippen MR) is 113 cm³/mol. The first-order chi connectivity index (χ1) is 14.3. The number of aliphatic imine (C=N–C) groups is 2. The van der Waals surface area contributed by atoms with Gasteiger partial charge in [-0.25, -0.2) is 4.99 Å². The third-order valence-electron chi connectivity index (χ3n) is 4.75. The van der Waals surface area contributed by atoms with E-state index in [4.69, 9.17) is 0 Å². The molecular formula is C21H18N6O3. The molecule has 0 fully saturated rings. The molecule has 0 saturated carbocycles. The lowest BCUT2D eigenvalue weighted by Gasteiger charge is -2.12. The predicted octanol–water partition coefficient (Wildman–Crippen LogP) is 2.56. The highest BCUT2D eigenvalue weighted by atomic mass is 16.2. The van der Waals surface area contributed by atoms with Gasteiger partial charge in [-0.05, 0) is 26.8 Å². The van der Waals surface area contributed by atoms with E-state index in [1.54, 1.807) is 39.0 Å². The van der Waals surface area contributed by atoms with E-state index in [0.29, 0.717) is 28.0 Å². The van der Waals surface area contributed by atoms with Gasteiger partial charge in [0, 0.05) is 22.7 Å². The van der Waals surface area contributed by atoms with Crippen molar-refractivity contribution in [2.24, 2.45) is 9.98 Å². The number of carbonyl (C=O) groups is 3. The van der Waals surface area contributed by atoms with Crippen LogP contribution in [-0.4, -0.2) is 44.0 Å². The molecule has 9 heteroatoms. The van der Waals surface area contributed by atoms with Crippen molar-refractivity contribution in [2.45, 2.75) is 20.8 Å². The Morgan fingerprint density at radius 1 is 1.13 bits per heavy atom. The van der Waals surface area contributed by atoms with E-state index in [9.17, 15) is 14.4 Å². The normalized spacial score (nSPS) is 14.0. The number of ketones is 1. The van der Waals surface area contributed by atoms with Crippen LogP contribution in [-0.2, 0) is 9.59 Å². The van der Waals surface area contributed by atoms with Gasteiger partial charge in [-0.2, -0.15) is 14.8 Å². The molecule has 2 N–H and O–H groups in total. The third-order valence-corrected chi connectivity index (χ3v) is 4.75. The van der Waals surface area contributed by atoms with E-state index in [1.165, 1.54) is 4.68 Å². The van der Waals surface area contributed by atoms with Gasteiger partial charge in [-0.3, -0.25) is 14.4 Å². The van der Waals surface area contributed by atoms with Crippen LogP contribution >= 0.6 is 0 Å². The Kier molecular flexibility index (Phi) is 4.50. The number of H-pyrrole nitrogens is 1. The monoisotopic (exact) mass is 402 g/mol. The minimum Gasteiger partial charge on any atom is -0.358 e. The van der Waals surface area contributed by atoms with Gasteiger partial charge < -0.3 is 10.3 Å². The van der Waals surface area contributed by atoms with Crippen LogP contribution in [0, 0.1) is 13.8 Å². The number of hydrogen-bond acceptors (Lipinski definition) is 5. The van der Waals surface area contributed by atoms with Gasteiger partial charge in [0.25, 0.3) is 23.6 Å². The number of aromatic amines is 1. The second kappa shape index (κ2) is 7.03. The average molecular weight is 402 g/mol. The van der Waals surface area contributed by atoms with Gasteiger partial charge in [0.1, 0.15) is 5.82 Å². The fraction of sp³-hybridized carbons (Fsp3) is 0.143. The zero-order valence-corrected chi connectivity index (χ0v) is 16.6. The first-order valence-corrected chi connectivity index (χ1v) is 9.14. The highest BCUT2D eigenvalue weighted by molar-refractivity contribution is 6.48. The van der Waals surface area contributed by atoms with Crippen LogP contribution in [0.15, 0.2) is 52.5 Å². The molecule has 0 radical (unpaired) electrons. The molecule has 1 aromatic carbocycles. The molecule has 9 nitrogen and oxygen atoms in total. The SMILES string of the molecule is C=C1C(=O)N=C(n2nc(C)cc2NC(=O)C(=O)c2c(C)[nH]c3ccccc23)N=C1C. The molecule has 0 bridgehead atoms. The summed E-state index contributed by atoms with van der Waals surface area (Å²) in [6.45, 7) is 8.71. The Balaban J connectivity index is 1.67. The summed E-state index contributed by atoms with van der Waals surface area (Å²) in [6, 6.07) is 8.82. The maximum absolute atomic E-state index is 12.9. The number of fused-ring (bicyclic) bond motifs is 1. The maximum Gasteiger partial charge on any atom is 0.298 e. The number of aryl methyl sites for hydroxylation is 2. The lowest BCUT2D eigenvalue weighted by molar-refractivity contribution is -0.114. The van der Waals surface area contributed by atoms with Crippen LogP contribution in [0.2, 0.25) is 0 Å². The topological polar surface area (TPSA) is 122 Å². The standard InChI is InChI=1S/C21H18N6O3/c1-10-9-16(27(26-10)21-23-12(3)11(2)19(29)25-21)24-20(30)18(28)17-13(4)22-15-8-6-5-7-14(15)17/h5-9,22H,2H2,1,3-4H3,(H,24,30). The number of carbonyl (C=O) groups excluding carboxylic acids is 3. The van der Waals surface area contributed by atoms with Crippen molar-refractivity contribution in [3.8, 4) is 0 Å². The number of benzene rings is 1. The van der Waals surface area contributed by atoms with Crippen molar-refractivity contribution >= 4 is 46.0 Å². The molecule has 30 heavy (non-hydrogen) atoms. The minimum absolute atomic E-state index is 0.0102. The lowest BCUT2D eigenvalue weighted by Crippen LogP contribution is -2.28. The molecule has 3 aromatic rings. The lowest BCUT2D eigenvalue weighted by atomic mass is 10.1. The summed E-state index contributed by atoms with van der Waals surface area (Å²) in [5.74, 6) is -1.89. The molecule has 0 unspecified atom stereocenters. The Hall–Kier alpha value is -4.14. The number of para-hydroxylation sites is 1. The fourth-order valence-corrected chi connectivity index (χ4v) is 3.25. The number of nitrogens with one attached hydrogen (secondary N) is 2. The number of nitrogens with zero attached hydrogens (tertiary/aromatic N) is 4. The molecule has 4 rings (SSSR count). The Bertz CT molecular complexity index is 1320. The zero-order valence-electron chi connectivity index (χ0n) is 16.6. The number of Topliss-reactive ketones (excluding diaryl/α,β-unsaturated/α-hetero) is 1. The average Bonchev–Trinajstić information content (AvgIpc) is 3.23. The zero-order chi connectivity index (χ0) is 21.6. The Morgan fingerprint density at radius 2 is 1.87 bits per heavy atom. The van der Waals surface area contributed by atoms with Gasteiger partial charge in [-0.1, -0.05) is 24.8 Å². The largest absolute Gasteiger partial charge is 0.358 e. The molecule has 1 aliphatic rings. The molecule has 2 aromatic heterocycles. The van der Waals surface area contributed by atoms with Gasteiger partial charge in [0.05, 0.1) is 22.5 Å². The number of amides is 2. The van der Waals surface area contributed by atoms with Gasteiger partial charge in [-0.15, -0.1) is 0 Å². The van der Waals surface area contributed by atoms with Gasteiger partial charge >= 0.3 is 0 Å². The van der Waals surface area contributed by atoms with E-state index in [1.807, 2.05) is 12.1 Å². The number of rotatable bonds is 3. The smallest absolute Gasteiger partial charge is 0.298 e. The second-order valence-corrected chi connectivity index (χ2v) is 6.93. The van der Waals surface area contributed by atoms with Crippen molar-refractivity contribution in [2.75, 3.05) is 5.32 Å². The number of anilines is 1. The highest BCUT2D eigenvalue weighted by Crippen LogP contribution is 2.23. The molecule has 0 aliphatic carbocycles. The molecular weight excluding hydrogens is 384 g/mol. The Morgan fingerprint density at radius 3 is 2.60 bits per heavy atom. The van der Waals surface area contributed by atoms with Gasteiger partial charge in [0.15, 0.2) is 0 Å². The number of hydrogen-bond donors (Lipinski definition) is 2. The van der Waals surface area contributed by atoms with Crippen LogP contribution in [0.3, 0.4) is 0 Å². The fourth-order valence-electron chi connectivity index (χ4n) is 3.25. The molecule has 3 heterocycles. The van der Waals surface area contributed by atoms with E-state index < -0.39 is 17.6 Å². The molecule has 1 aliphatic heterocycles. The molecule has 0 atom stereocenters. The molecule has 0 spiro atoms. The van der Waals surface area contributed by atoms with E-state index in [2.05, 4.69) is 32.0 Å². The highest BCUT2D eigenvalue weighted by Gasteiger charge is 2.26. The van der Waals surface area contributed by atoms with Gasteiger partial charge in [0.2, 0.25) is 0 Å². The second-order valence-electron chi connectivity index (χ2n) is 6.93. The first-order valence-electron chi connectivity index (χ1n) is 9.14. The summed E-state index contributed by atoms with van der Waals surface area (Å²) in [4.78, 5) is 48.9. The Labute approximate surface area is 171 Å². The summed E-state index contributed by atoms with van der Waals surface area (Å²) in [6.07, 6.45) is 0. The summed E-state index contributed by atoms with van der Waals surface area (Å²) in [5.41, 5.74) is 2.82. The van der Waals surface area contributed by atoms with Crippen molar-refractivity contribution in [1.29, 1.82) is 0 Å². The summed E-state index contributed by atoms with van der Waals surface area (Å²) < 4.78 is 1.22. The molecule has 2 amide bonds. The maximum atomic E-state index is 12.9. The van der Waals surface area contributed by atoms with Crippen LogP contribution in [0.1, 0.15) is 28.7 Å². The summed E-state index contributed by atoms with van der Waals surface area (Å²) in [5, 5.41) is 7.47. The van der Waals surface area contributed by atoms with Crippen molar-refractivity contribution in [3.63, 3.8) is 0 Å². The summed E-state index contributed by atoms with van der Waals surface area (Å²) >= 11 is 0. The summed E-state index contributed by atoms with van der Waals surface area (Å²) in [7, 11) is 0. The minimum atomic E-state index is -0.836. The van der Waals surface area contributed by atoms with E-state index >= 15 is 0 Å². The number of aromatic nitrogens is 3. The van der Waals surface area contributed by atoms with Crippen LogP contribution in [0.4, 0.5) is 5.82 Å². The van der Waals surface area contributed by atoms with Crippen LogP contribution in [0.25, 0.3) is 10.9 Å². The molecule has 150 valence electrons. The third kappa shape index (κ3) is 3.16.